The lowest BCUT2D eigenvalue weighted by molar-refractivity contribution is 0.408. The summed E-state index contributed by atoms with van der Waals surface area (Å²) >= 11 is 0. The van der Waals surface area contributed by atoms with E-state index in [2.05, 4.69) is 47.6 Å². The maximum absolute atomic E-state index is 2.41. The van der Waals surface area contributed by atoms with Gasteiger partial charge < -0.3 is 0 Å². The molecular weight excluding hydrogens is 144 g/mol. The largest absolute Gasteiger partial charge is 0.0828 e. The van der Waals surface area contributed by atoms with Crippen molar-refractivity contribution >= 4 is 0 Å². The zero-order valence-electron chi connectivity index (χ0n) is 9.57. The van der Waals surface area contributed by atoms with Gasteiger partial charge in [-0.3, -0.25) is 0 Å². The van der Waals surface area contributed by atoms with Gasteiger partial charge in [-0.15, -0.1) is 0 Å². The third-order valence-electron chi connectivity index (χ3n) is 2.02. The minimum absolute atomic E-state index is 0.439. The molecule has 0 aliphatic heterocycles. The Balaban J connectivity index is 4.02. The van der Waals surface area contributed by atoms with Crippen LogP contribution in [0, 0.1) is 11.3 Å². The molecule has 0 radical (unpaired) electrons. The Morgan fingerprint density at radius 1 is 1.33 bits per heavy atom. The van der Waals surface area contributed by atoms with Crippen molar-refractivity contribution in [3.8, 4) is 0 Å². The predicted molar refractivity (Wildman–Crippen MR) is 57.3 cm³/mol. The highest BCUT2D eigenvalue weighted by Crippen LogP contribution is 2.24. The van der Waals surface area contributed by atoms with Crippen molar-refractivity contribution in [1.29, 1.82) is 0 Å². The minimum Gasteiger partial charge on any atom is -0.0828 e. The second-order valence-electron chi connectivity index (χ2n) is 5.14. The van der Waals surface area contributed by atoms with E-state index in [1.807, 2.05) is 0 Å². The van der Waals surface area contributed by atoms with Crippen molar-refractivity contribution in [2.75, 3.05) is 0 Å². The molecule has 0 fully saturated rings. The van der Waals surface area contributed by atoms with Gasteiger partial charge >= 0.3 is 0 Å². The van der Waals surface area contributed by atoms with E-state index in [1.54, 1.807) is 0 Å². The lowest BCUT2D eigenvalue weighted by atomic mass is 9.87. The van der Waals surface area contributed by atoms with Crippen LogP contribution in [0.2, 0.25) is 0 Å². The van der Waals surface area contributed by atoms with Crippen molar-refractivity contribution < 1.29 is 0 Å². The topological polar surface area (TPSA) is 0 Å². The van der Waals surface area contributed by atoms with Crippen molar-refractivity contribution in [2.45, 2.75) is 54.4 Å². The van der Waals surface area contributed by atoms with Gasteiger partial charge in [0.25, 0.3) is 0 Å². The first-order valence-corrected chi connectivity index (χ1v) is 5.02. The van der Waals surface area contributed by atoms with Crippen LogP contribution in [0.4, 0.5) is 0 Å². The fraction of sp³-hybridized carbons (Fsp3) is 0.833. The smallest absolute Gasteiger partial charge is 0.0262 e. The maximum Gasteiger partial charge on any atom is -0.0262 e. The summed E-state index contributed by atoms with van der Waals surface area (Å²) in [6, 6.07) is 0. The van der Waals surface area contributed by atoms with Gasteiger partial charge in [0.05, 0.1) is 0 Å². The second-order valence-corrected chi connectivity index (χ2v) is 5.14. The quantitative estimate of drug-likeness (QED) is 0.547. The Kier molecular flexibility index (Phi) is 4.59. The molecule has 0 heterocycles. The van der Waals surface area contributed by atoms with Gasteiger partial charge in [-0.2, -0.15) is 0 Å². The van der Waals surface area contributed by atoms with Crippen LogP contribution in [0.1, 0.15) is 54.4 Å². The Hall–Kier alpha value is -0.260. The number of allylic oxidation sites excluding steroid dienone is 2. The van der Waals surface area contributed by atoms with E-state index in [4.69, 9.17) is 0 Å². The SMILES string of the molecule is CCC(C)/C=C(/C)CC(C)(C)C. The Labute approximate surface area is 78.1 Å². The molecule has 0 aliphatic rings. The summed E-state index contributed by atoms with van der Waals surface area (Å²) in [5.74, 6) is 0.743. The van der Waals surface area contributed by atoms with Crippen LogP contribution in [-0.2, 0) is 0 Å². The standard InChI is InChI=1S/C12H24/c1-7-10(2)8-11(3)9-12(4,5)6/h8,10H,7,9H2,1-6H3/b11-8-. The average molecular weight is 168 g/mol. The van der Waals surface area contributed by atoms with Crippen molar-refractivity contribution in [3.05, 3.63) is 11.6 Å². The normalized spacial score (nSPS) is 16.3. The Bertz CT molecular complexity index is 146. The van der Waals surface area contributed by atoms with Crippen LogP contribution in [-0.4, -0.2) is 0 Å². The molecule has 0 aromatic heterocycles. The predicted octanol–water partition coefficient (Wildman–Crippen LogP) is 4.42. The molecule has 1 atom stereocenters. The summed E-state index contributed by atoms with van der Waals surface area (Å²) in [4.78, 5) is 0. The highest BCUT2D eigenvalue weighted by atomic mass is 14.2. The summed E-state index contributed by atoms with van der Waals surface area (Å²) < 4.78 is 0. The number of hydrogen-bond donors (Lipinski definition) is 0. The van der Waals surface area contributed by atoms with Crippen LogP contribution in [0.5, 0.6) is 0 Å². The summed E-state index contributed by atoms with van der Waals surface area (Å²) in [6.45, 7) is 13.7. The molecule has 0 aliphatic carbocycles. The van der Waals surface area contributed by atoms with E-state index in [9.17, 15) is 0 Å². The van der Waals surface area contributed by atoms with Gasteiger partial charge in [0.15, 0.2) is 0 Å². The molecule has 72 valence electrons. The fourth-order valence-electron chi connectivity index (χ4n) is 1.50. The van der Waals surface area contributed by atoms with Crippen LogP contribution in [0.3, 0.4) is 0 Å². The first-order valence-electron chi connectivity index (χ1n) is 5.02. The molecule has 0 rings (SSSR count). The lowest BCUT2D eigenvalue weighted by Crippen LogP contribution is -2.05. The molecule has 0 aromatic carbocycles. The highest BCUT2D eigenvalue weighted by Gasteiger charge is 2.10. The van der Waals surface area contributed by atoms with E-state index in [1.165, 1.54) is 18.4 Å². The van der Waals surface area contributed by atoms with Crippen molar-refractivity contribution in [1.82, 2.24) is 0 Å². The molecule has 12 heavy (non-hydrogen) atoms. The van der Waals surface area contributed by atoms with E-state index < -0.39 is 0 Å². The van der Waals surface area contributed by atoms with Gasteiger partial charge in [-0.25, -0.2) is 0 Å². The van der Waals surface area contributed by atoms with Crippen LogP contribution in [0.15, 0.2) is 11.6 Å². The summed E-state index contributed by atoms with van der Waals surface area (Å²) in [5.41, 5.74) is 1.98. The van der Waals surface area contributed by atoms with Gasteiger partial charge in [-0.1, -0.05) is 52.7 Å². The van der Waals surface area contributed by atoms with Crippen molar-refractivity contribution in [3.63, 3.8) is 0 Å². The molecule has 0 aromatic rings. The van der Waals surface area contributed by atoms with Crippen LogP contribution >= 0.6 is 0 Å². The van der Waals surface area contributed by atoms with Gasteiger partial charge in [-0.05, 0) is 24.7 Å². The van der Waals surface area contributed by atoms with E-state index in [0.717, 1.165) is 5.92 Å². The van der Waals surface area contributed by atoms with Gasteiger partial charge in [0, 0.05) is 0 Å². The molecular formula is C12H24. The van der Waals surface area contributed by atoms with E-state index in [0.29, 0.717) is 5.41 Å². The second kappa shape index (κ2) is 4.69. The molecule has 0 heteroatoms. The Morgan fingerprint density at radius 3 is 2.17 bits per heavy atom. The highest BCUT2D eigenvalue weighted by molar-refractivity contribution is 5.02. The van der Waals surface area contributed by atoms with Gasteiger partial charge in [0.1, 0.15) is 0 Å². The summed E-state index contributed by atoms with van der Waals surface area (Å²) in [7, 11) is 0. The zero-order chi connectivity index (χ0) is 9.78. The molecule has 0 nitrogen and oxygen atoms in total. The molecule has 0 N–H and O–H groups in total. The molecule has 0 spiro atoms. The first-order chi connectivity index (χ1) is 5.35. The fourth-order valence-corrected chi connectivity index (χ4v) is 1.50. The summed E-state index contributed by atoms with van der Waals surface area (Å²) in [5, 5.41) is 0. The molecule has 0 saturated heterocycles. The number of rotatable bonds is 3. The van der Waals surface area contributed by atoms with Gasteiger partial charge in [0.2, 0.25) is 0 Å². The minimum atomic E-state index is 0.439. The molecule has 0 bridgehead atoms. The van der Waals surface area contributed by atoms with E-state index >= 15 is 0 Å². The monoisotopic (exact) mass is 168 g/mol. The van der Waals surface area contributed by atoms with Crippen molar-refractivity contribution in [2.24, 2.45) is 11.3 Å². The Morgan fingerprint density at radius 2 is 1.83 bits per heavy atom. The molecule has 0 amide bonds. The third-order valence-corrected chi connectivity index (χ3v) is 2.02. The first kappa shape index (κ1) is 11.7. The van der Waals surface area contributed by atoms with Crippen LogP contribution < -0.4 is 0 Å². The zero-order valence-corrected chi connectivity index (χ0v) is 9.57. The average Bonchev–Trinajstić information content (AvgIpc) is 1.82. The maximum atomic E-state index is 2.41. The lowest BCUT2D eigenvalue weighted by Gasteiger charge is -2.19. The van der Waals surface area contributed by atoms with E-state index in [-0.39, 0.29) is 0 Å². The molecule has 1 unspecified atom stereocenters. The third kappa shape index (κ3) is 6.45. The summed E-state index contributed by atoms with van der Waals surface area (Å²) in [6.07, 6.45) is 4.88. The molecule has 0 saturated carbocycles. The number of hydrogen-bond acceptors (Lipinski definition) is 0. The van der Waals surface area contributed by atoms with Crippen LogP contribution in [0.25, 0.3) is 0 Å².